The number of aliphatic hydroxyl groups excluding tert-OH is 2. The van der Waals surface area contributed by atoms with Crippen LogP contribution in [0.15, 0.2) is 12.3 Å². The number of anilines is 2. The summed E-state index contributed by atoms with van der Waals surface area (Å²) in [7, 11) is 0. The highest BCUT2D eigenvalue weighted by molar-refractivity contribution is 7.21. The van der Waals surface area contributed by atoms with Crippen LogP contribution in [0.4, 0.5) is 11.8 Å². The molecule has 1 aliphatic rings. The summed E-state index contributed by atoms with van der Waals surface area (Å²) < 4.78 is 0.987. The van der Waals surface area contributed by atoms with Gasteiger partial charge in [0.05, 0.1) is 45.0 Å². The third kappa shape index (κ3) is 5.39. The molecule has 0 radical (unpaired) electrons. The van der Waals surface area contributed by atoms with Crippen molar-refractivity contribution in [3.05, 3.63) is 23.7 Å². The fourth-order valence-corrected chi connectivity index (χ4v) is 5.56. The van der Waals surface area contributed by atoms with Gasteiger partial charge < -0.3 is 31.1 Å². The number of rotatable bonds is 7. The van der Waals surface area contributed by atoms with Gasteiger partial charge in [0.1, 0.15) is 22.4 Å². The van der Waals surface area contributed by atoms with Gasteiger partial charge in [-0.2, -0.15) is 4.98 Å². The Hall–Kier alpha value is -2.44. The molecular weight excluding hydrogens is 468 g/mol. The summed E-state index contributed by atoms with van der Waals surface area (Å²) in [4.78, 5) is 18.4. The van der Waals surface area contributed by atoms with E-state index < -0.39 is 35.4 Å². The van der Waals surface area contributed by atoms with Crippen LogP contribution in [0.1, 0.15) is 45.5 Å². The minimum absolute atomic E-state index is 0.239. The van der Waals surface area contributed by atoms with Crippen LogP contribution < -0.4 is 10.6 Å². The first-order chi connectivity index (χ1) is 16.2. The van der Waals surface area contributed by atoms with E-state index in [1.54, 1.807) is 33.9 Å². The van der Waals surface area contributed by atoms with Crippen molar-refractivity contribution < 1.29 is 20.4 Å². The molecule has 0 bridgehead atoms. The highest BCUT2D eigenvalue weighted by Gasteiger charge is 2.48. The van der Waals surface area contributed by atoms with Crippen LogP contribution in [0.25, 0.3) is 20.8 Å². The first kappa shape index (κ1) is 25.6. The van der Waals surface area contributed by atoms with Crippen LogP contribution in [0.3, 0.4) is 0 Å². The predicted molar refractivity (Wildman–Crippen MR) is 137 cm³/mol. The van der Waals surface area contributed by atoms with Crippen molar-refractivity contribution in [3.63, 3.8) is 0 Å². The van der Waals surface area contributed by atoms with Crippen molar-refractivity contribution in [2.75, 3.05) is 17.2 Å². The van der Waals surface area contributed by atoms with Gasteiger partial charge in [0, 0.05) is 18.7 Å². The maximum absolute atomic E-state index is 10.8. The smallest absolute Gasteiger partial charge is 0.225 e. The number of hydrogen-bond acceptors (Lipinski definition) is 11. The second-order valence-electron chi connectivity index (χ2n) is 10.5. The molecule has 35 heavy (non-hydrogen) atoms. The second-order valence-corrected chi connectivity index (χ2v) is 11.5. The molecule has 0 aromatic carbocycles. The highest BCUT2D eigenvalue weighted by Crippen LogP contribution is 2.40. The van der Waals surface area contributed by atoms with E-state index in [9.17, 15) is 20.4 Å². The molecule has 1 fully saturated rings. The molecule has 10 nitrogen and oxygen atoms in total. The lowest BCUT2D eigenvalue weighted by Crippen LogP contribution is -2.40. The lowest BCUT2D eigenvalue weighted by atomic mass is 9.88. The molecule has 3 aromatic rings. The summed E-state index contributed by atoms with van der Waals surface area (Å²) in [5, 5.41) is 49.1. The van der Waals surface area contributed by atoms with Crippen molar-refractivity contribution in [2.45, 2.75) is 77.4 Å². The van der Waals surface area contributed by atoms with Crippen LogP contribution in [0.2, 0.25) is 0 Å². The Morgan fingerprint density at radius 3 is 2.34 bits per heavy atom. The zero-order chi connectivity index (χ0) is 25.7. The number of aryl methyl sites for hydroxylation is 2. The molecule has 0 saturated heterocycles. The van der Waals surface area contributed by atoms with E-state index in [-0.39, 0.29) is 6.54 Å². The van der Waals surface area contributed by atoms with Crippen molar-refractivity contribution in [1.82, 2.24) is 19.9 Å². The average Bonchev–Trinajstić information content (AvgIpc) is 3.29. The normalized spacial score (nSPS) is 23.1. The molecule has 0 aliphatic heterocycles. The number of nitrogens with one attached hydrogen (secondary N) is 2. The van der Waals surface area contributed by atoms with Gasteiger partial charge in [-0.3, -0.25) is 4.98 Å². The first-order valence-corrected chi connectivity index (χ1v) is 12.5. The summed E-state index contributed by atoms with van der Waals surface area (Å²) in [6.45, 7) is 10.6. The topological polar surface area (TPSA) is 157 Å². The molecule has 4 rings (SSSR count). The van der Waals surface area contributed by atoms with Gasteiger partial charge in [-0.1, -0.05) is 0 Å². The minimum atomic E-state index is -1.15. The fourth-order valence-electron chi connectivity index (χ4n) is 4.45. The quantitative estimate of drug-likeness (QED) is 0.283. The van der Waals surface area contributed by atoms with Crippen molar-refractivity contribution in [2.24, 2.45) is 5.92 Å². The number of aromatic nitrogens is 4. The summed E-state index contributed by atoms with van der Waals surface area (Å²) in [5.41, 5.74) is 0.861. The third-order valence-electron chi connectivity index (χ3n) is 6.38. The number of nitrogens with zero attached hydrogens (tertiary/aromatic N) is 4. The van der Waals surface area contributed by atoms with E-state index in [0.29, 0.717) is 34.5 Å². The van der Waals surface area contributed by atoms with E-state index >= 15 is 0 Å². The minimum Gasteiger partial charge on any atom is -0.390 e. The van der Waals surface area contributed by atoms with Gasteiger partial charge >= 0.3 is 0 Å². The monoisotopic (exact) mass is 502 g/mol. The zero-order valence-corrected chi connectivity index (χ0v) is 21.7. The maximum atomic E-state index is 10.8. The second kappa shape index (κ2) is 9.21. The van der Waals surface area contributed by atoms with Crippen LogP contribution in [-0.2, 0) is 0 Å². The molecule has 6 N–H and O–H groups in total. The predicted octanol–water partition coefficient (Wildman–Crippen LogP) is 2.24. The van der Waals surface area contributed by atoms with Crippen molar-refractivity contribution in [3.8, 4) is 10.6 Å². The highest BCUT2D eigenvalue weighted by atomic mass is 32.1. The number of hydrogen-bond donors (Lipinski definition) is 6. The Morgan fingerprint density at radius 1 is 1.03 bits per heavy atom. The number of pyridine rings is 1. The van der Waals surface area contributed by atoms with E-state index in [1.807, 2.05) is 19.9 Å². The lowest BCUT2D eigenvalue weighted by molar-refractivity contribution is -0.0601. The van der Waals surface area contributed by atoms with E-state index in [0.717, 1.165) is 15.9 Å². The van der Waals surface area contributed by atoms with E-state index in [2.05, 4.69) is 25.6 Å². The molecule has 0 spiro atoms. The largest absolute Gasteiger partial charge is 0.390 e. The van der Waals surface area contributed by atoms with Gasteiger partial charge in [0.2, 0.25) is 5.95 Å². The molecule has 4 atom stereocenters. The van der Waals surface area contributed by atoms with Crippen LogP contribution in [-0.4, -0.2) is 76.4 Å². The molecule has 3 heterocycles. The lowest BCUT2D eigenvalue weighted by Gasteiger charge is -2.28. The van der Waals surface area contributed by atoms with Crippen LogP contribution in [0, 0.1) is 19.8 Å². The molecule has 190 valence electrons. The first-order valence-electron chi connectivity index (χ1n) is 11.7. The summed E-state index contributed by atoms with van der Waals surface area (Å²) in [6, 6.07) is 1.37. The number of thiazole rings is 1. The molecule has 0 amide bonds. The van der Waals surface area contributed by atoms with Gasteiger partial charge in [0.15, 0.2) is 0 Å². The van der Waals surface area contributed by atoms with Gasteiger partial charge in [-0.05, 0) is 54.0 Å². The van der Waals surface area contributed by atoms with Crippen molar-refractivity contribution in [1.29, 1.82) is 0 Å². The molecule has 0 unspecified atom stereocenters. The number of aliphatic hydroxyl groups is 4. The van der Waals surface area contributed by atoms with Crippen LogP contribution >= 0.6 is 11.3 Å². The standard InChI is InChI=1S/C24H34N6O4S/c1-11-16(21-29-17-12(2)25-8-7-15(17)35-21)20(30-22(27-11)26-10-23(3,4)33)28-14-9-13(24(5,6)34)18(31)19(14)32/h7-8,13-14,18-19,31-34H,9-10H2,1-6H3,(H2,26,27,28,30)/t13-,14+,18+,19-/m0/s1. The Balaban J connectivity index is 1.76. The molecule has 1 saturated carbocycles. The molecule has 3 aromatic heterocycles. The summed E-state index contributed by atoms with van der Waals surface area (Å²) >= 11 is 1.50. The SMILES string of the molecule is Cc1nc(NCC(C)(C)O)nc(N[C@@H]2C[C@H](C(C)(C)O)[C@@H](O)[C@H]2O)c1-c1nc2c(C)nccc2s1. The Labute approximate surface area is 208 Å². The zero-order valence-electron chi connectivity index (χ0n) is 20.9. The van der Waals surface area contributed by atoms with Gasteiger partial charge in [-0.25, -0.2) is 9.97 Å². The third-order valence-corrected chi connectivity index (χ3v) is 7.42. The van der Waals surface area contributed by atoms with Gasteiger partial charge in [0.25, 0.3) is 0 Å². The molecular formula is C24H34N6O4S. The molecule has 1 aliphatic carbocycles. The van der Waals surface area contributed by atoms with Gasteiger partial charge in [-0.15, -0.1) is 11.3 Å². The maximum Gasteiger partial charge on any atom is 0.225 e. The summed E-state index contributed by atoms with van der Waals surface area (Å²) in [5.74, 6) is 0.264. The Morgan fingerprint density at radius 2 is 1.74 bits per heavy atom. The van der Waals surface area contributed by atoms with E-state index in [1.165, 1.54) is 11.3 Å². The molecule has 11 heteroatoms. The fraction of sp³-hybridized carbons (Fsp3) is 0.583. The summed E-state index contributed by atoms with van der Waals surface area (Å²) in [6.07, 6.45) is -0.0744. The average molecular weight is 503 g/mol. The Kier molecular flexibility index (Phi) is 6.75. The van der Waals surface area contributed by atoms with E-state index in [4.69, 9.17) is 4.98 Å². The number of fused-ring (bicyclic) bond motifs is 1. The Bertz CT molecular complexity index is 1220. The van der Waals surface area contributed by atoms with Crippen molar-refractivity contribution >= 4 is 33.3 Å². The van der Waals surface area contributed by atoms with Crippen LogP contribution in [0.5, 0.6) is 0 Å².